The lowest BCUT2D eigenvalue weighted by atomic mass is 9.97. The van der Waals surface area contributed by atoms with Gasteiger partial charge in [-0.2, -0.15) is 0 Å². The minimum Gasteiger partial charge on any atom is -0.326 e. The van der Waals surface area contributed by atoms with E-state index in [4.69, 9.17) is 0 Å². The molecule has 0 saturated carbocycles. The second kappa shape index (κ2) is 9.34. The van der Waals surface area contributed by atoms with Gasteiger partial charge in [0.2, 0.25) is 15.9 Å². The second-order valence-corrected chi connectivity index (χ2v) is 8.97. The molecule has 140 valence electrons. The molecule has 0 aromatic heterocycles. The minimum atomic E-state index is -3.14. The molecule has 1 fully saturated rings. The molecule has 5 nitrogen and oxygen atoms in total. The largest absolute Gasteiger partial charge is 0.326 e. The fourth-order valence-electron chi connectivity index (χ4n) is 3.16. The van der Waals surface area contributed by atoms with E-state index in [1.165, 1.54) is 29.1 Å². The van der Waals surface area contributed by atoms with E-state index in [1.807, 2.05) is 12.1 Å². The van der Waals surface area contributed by atoms with Gasteiger partial charge in [-0.15, -0.1) is 0 Å². The summed E-state index contributed by atoms with van der Waals surface area (Å²) in [4.78, 5) is 12.4. The number of nitrogens with one attached hydrogen (secondary N) is 1. The first-order valence-corrected chi connectivity index (χ1v) is 10.9. The summed E-state index contributed by atoms with van der Waals surface area (Å²) in [6, 6.07) is 8.05. The summed E-state index contributed by atoms with van der Waals surface area (Å²) in [6.07, 6.45) is 5.89. The molecule has 1 aliphatic rings. The van der Waals surface area contributed by atoms with Crippen molar-refractivity contribution < 1.29 is 13.2 Å². The molecule has 0 spiro atoms. The Labute approximate surface area is 151 Å². The third-order valence-corrected chi connectivity index (χ3v) is 6.75. The number of carbonyl (C=O) groups excluding carboxylic acids is 1. The SMILES string of the molecule is CCCCCc1ccc(NC(=O)C2CCN(S(=O)(=O)CC)CC2)cc1. The smallest absolute Gasteiger partial charge is 0.227 e. The Kier molecular flexibility index (Phi) is 7.44. The van der Waals surface area contributed by atoms with Crippen molar-refractivity contribution in [3.63, 3.8) is 0 Å². The lowest BCUT2D eigenvalue weighted by Gasteiger charge is -2.30. The van der Waals surface area contributed by atoms with Crippen molar-refractivity contribution >= 4 is 21.6 Å². The van der Waals surface area contributed by atoms with Crippen LogP contribution in [0.2, 0.25) is 0 Å². The molecule has 6 heteroatoms. The van der Waals surface area contributed by atoms with Crippen molar-refractivity contribution in [2.24, 2.45) is 5.92 Å². The summed E-state index contributed by atoms with van der Waals surface area (Å²) in [6.45, 7) is 4.72. The maximum atomic E-state index is 12.4. The van der Waals surface area contributed by atoms with E-state index in [0.717, 1.165) is 12.1 Å². The molecule has 1 amide bonds. The number of rotatable bonds is 8. The maximum absolute atomic E-state index is 12.4. The molecule has 1 N–H and O–H groups in total. The number of amides is 1. The summed E-state index contributed by atoms with van der Waals surface area (Å²) in [5, 5.41) is 2.97. The number of benzene rings is 1. The normalized spacial score (nSPS) is 16.7. The van der Waals surface area contributed by atoms with Crippen LogP contribution in [0.5, 0.6) is 0 Å². The average Bonchev–Trinajstić information content (AvgIpc) is 2.63. The lowest BCUT2D eigenvalue weighted by Crippen LogP contribution is -2.42. The molecule has 2 rings (SSSR count). The first-order chi connectivity index (χ1) is 12.0. The second-order valence-electron chi connectivity index (χ2n) is 6.72. The Morgan fingerprint density at radius 3 is 2.32 bits per heavy atom. The number of carbonyl (C=O) groups is 1. The Balaban J connectivity index is 1.82. The molecule has 1 saturated heterocycles. The predicted molar refractivity (Wildman–Crippen MR) is 102 cm³/mol. The zero-order valence-corrected chi connectivity index (χ0v) is 16.1. The van der Waals surface area contributed by atoms with Crippen molar-refractivity contribution in [3.05, 3.63) is 29.8 Å². The van der Waals surface area contributed by atoms with E-state index in [1.54, 1.807) is 6.92 Å². The van der Waals surface area contributed by atoms with Gasteiger partial charge in [0.05, 0.1) is 5.75 Å². The van der Waals surface area contributed by atoms with E-state index in [0.29, 0.717) is 25.9 Å². The highest BCUT2D eigenvalue weighted by Gasteiger charge is 2.30. The van der Waals surface area contributed by atoms with Crippen LogP contribution in [0.15, 0.2) is 24.3 Å². The number of hydrogen-bond donors (Lipinski definition) is 1. The van der Waals surface area contributed by atoms with Crippen molar-refractivity contribution in [3.8, 4) is 0 Å². The fraction of sp³-hybridized carbons (Fsp3) is 0.632. The average molecular weight is 367 g/mol. The Morgan fingerprint density at radius 1 is 1.12 bits per heavy atom. The predicted octanol–water partition coefficient (Wildman–Crippen LogP) is 3.42. The van der Waals surface area contributed by atoms with Crippen LogP contribution >= 0.6 is 0 Å². The van der Waals surface area contributed by atoms with Gasteiger partial charge in [-0.25, -0.2) is 12.7 Å². The summed E-state index contributed by atoms with van der Waals surface area (Å²) < 4.78 is 25.2. The molecular formula is C19H30N2O3S. The van der Waals surface area contributed by atoms with Gasteiger partial charge >= 0.3 is 0 Å². The van der Waals surface area contributed by atoms with Crippen LogP contribution in [-0.4, -0.2) is 37.5 Å². The zero-order valence-electron chi connectivity index (χ0n) is 15.3. The van der Waals surface area contributed by atoms with Crippen LogP contribution < -0.4 is 5.32 Å². The van der Waals surface area contributed by atoms with Crippen LogP contribution in [0.25, 0.3) is 0 Å². The molecule has 0 unspecified atom stereocenters. The minimum absolute atomic E-state index is 0.00715. The van der Waals surface area contributed by atoms with Crippen LogP contribution in [-0.2, 0) is 21.2 Å². The number of nitrogens with zero attached hydrogens (tertiary/aromatic N) is 1. The Bertz CT molecular complexity index is 648. The molecule has 1 aromatic rings. The first-order valence-electron chi connectivity index (χ1n) is 9.34. The van der Waals surface area contributed by atoms with Crippen LogP contribution in [0, 0.1) is 5.92 Å². The summed E-state index contributed by atoms with van der Waals surface area (Å²) in [5.41, 5.74) is 2.11. The van der Waals surface area contributed by atoms with E-state index in [2.05, 4.69) is 24.4 Å². The Morgan fingerprint density at radius 2 is 1.76 bits per heavy atom. The third kappa shape index (κ3) is 5.82. The van der Waals surface area contributed by atoms with Crippen LogP contribution in [0.4, 0.5) is 5.69 Å². The molecular weight excluding hydrogens is 336 g/mol. The summed E-state index contributed by atoms with van der Waals surface area (Å²) >= 11 is 0. The molecule has 1 aromatic carbocycles. The van der Waals surface area contributed by atoms with Gasteiger partial charge in [0.15, 0.2) is 0 Å². The van der Waals surface area contributed by atoms with Gasteiger partial charge in [0.1, 0.15) is 0 Å². The zero-order chi connectivity index (χ0) is 18.3. The number of piperidine rings is 1. The molecule has 0 atom stereocenters. The van der Waals surface area contributed by atoms with Crippen molar-refractivity contribution in [1.29, 1.82) is 0 Å². The maximum Gasteiger partial charge on any atom is 0.227 e. The van der Waals surface area contributed by atoms with Gasteiger partial charge in [-0.1, -0.05) is 31.9 Å². The third-order valence-electron chi connectivity index (χ3n) is 4.87. The highest BCUT2D eigenvalue weighted by molar-refractivity contribution is 7.89. The van der Waals surface area contributed by atoms with Gasteiger partial charge in [-0.3, -0.25) is 4.79 Å². The number of hydrogen-bond acceptors (Lipinski definition) is 3. The molecule has 1 aliphatic heterocycles. The highest BCUT2D eigenvalue weighted by Crippen LogP contribution is 2.22. The summed E-state index contributed by atoms with van der Waals surface area (Å²) in [5.74, 6) is -0.00566. The first kappa shape index (κ1) is 19.9. The molecule has 25 heavy (non-hydrogen) atoms. The van der Waals surface area contributed by atoms with Crippen LogP contribution in [0.1, 0.15) is 51.5 Å². The van der Waals surface area contributed by atoms with Gasteiger partial charge in [0.25, 0.3) is 0 Å². The topological polar surface area (TPSA) is 66.5 Å². The van der Waals surface area contributed by atoms with E-state index < -0.39 is 10.0 Å². The molecule has 0 radical (unpaired) electrons. The quantitative estimate of drug-likeness (QED) is 0.717. The Hall–Kier alpha value is -1.40. The van der Waals surface area contributed by atoms with Crippen molar-refractivity contribution in [2.75, 3.05) is 24.2 Å². The van der Waals surface area contributed by atoms with Crippen LogP contribution in [0.3, 0.4) is 0 Å². The van der Waals surface area contributed by atoms with Crippen molar-refractivity contribution in [2.45, 2.75) is 52.4 Å². The van der Waals surface area contributed by atoms with Crippen molar-refractivity contribution in [1.82, 2.24) is 4.31 Å². The lowest BCUT2D eigenvalue weighted by molar-refractivity contribution is -0.120. The van der Waals surface area contributed by atoms with Gasteiger partial charge in [-0.05, 0) is 50.3 Å². The fourth-order valence-corrected chi connectivity index (χ4v) is 4.29. The molecule has 0 bridgehead atoms. The number of aryl methyl sites for hydroxylation is 1. The van der Waals surface area contributed by atoms with E-state index in [9.17, 15) is 13.2 Å². The molecule has 1 heterocycles. The standard InChI is InChI=1S/C19H30N2O3S/c1-3-5-6-7-16-8-10-18(11-9-16)20-19(22)17-12-14-21(15-13-17)25(23,24)4-2/h8-11,17H,3-7,12-15H2,1-2H3,(H,20,22). The molecule has 0 aliphatic carbocycles. The van der Waals surface area contributed by atoms with Gasteiger partial charge < -0.3 is 5.32 Å². The summed E-state index contributed by atoms with van der Waals surface area (Å²) in [7, 11) is -3.14. The van der Waals surface area contributed by atoms with E-state index in [-0.39, 0.29) is 17.6 Å². The number of unbranched alkanes of at least 4 members (excludes halogenated alkanes) is 2. The van der Waals surface area contributed by atoms with Gasteiger partial charge in [0, 0.05) is 24.7 Å². The highest BCUT2D eigenvalue weighted by atomic mass is 32.2. The monoisotopic (exact) mass is 366 g/mol. The number of anilines is 1. The number of sulfonamides is 1. The van der Waals surface area contributed by atoms with E-state index >= 15 is 0 Å².